The van der Waals surface area contributed by atoms with E-state index in [1.165, 1.54) is 5.01 Å². The molecule has 1 atom stereocenters. The van der Waals surface area contributed by atoms with Gasteiger partial charge in [-0.3, -0.25) is 10.2 Å². The third-order valence-corrected chi connectivity index (χ3v) is 2.88. The minimum absolute atomic E-state index is 0.0347. The first-order chi connectivity index (χ1) is 10.6. The number of urea groups is 1. The van der Waals surface area contributed by atoms with Crippen LogP contribution >= 0.6 is 0 Å². The molecule has 2 N–H and O–H groups in total. The van der Waals surface area contributed by atoms with E-state index in [9.17, 15) is 9.59 Å². The minimum atomic E-state index is -0.402. The second kappa shape index (κ2) is 9.57. The Morgan fingerprint density at radius 2 is 2.05 bits per heavy atom. The third-order valence-electron chi connectivity index (χ3n) is 2.88. The fraction of sp³-hybridized carbons (Fsp3) is 0.375. The Kier molecular flexibility index (Phi) is 7.70. The number of nitrogens with one attached hydrogen (secondary N) is 2. The van der Waals surface area contributed by atoms with Gasteiger partial charge in [-0.25, -0.2) is 9.80 Å². The van der Waals surface area contributed by atoms with E-state index in [0.29, 0.717) is 13.2 Å². The van der Waals surface area contributed by atoms with Crippen molar-refractivity contribution in [2.45, 2.75) is 19.9 Å². The van der Waals surface area contributed by atoms with Gasteiger partial charge in [-0.15, -0.1) is 6.58 Å². The van der Waals surface area contributed by atoms with Crippen LogP contribution in [0, 0.1) is 0 Å². The first-order valence-corrected chi connectivity index (χ1v) is 7.20. The summed E-state index contributed by atoms with van der Waals surface area (Å²) in [5, 5.41) is 4.25. The zero-order valence-electron chi connectivity index (χ0n) is 13.0. The van der Waals surface area contributed by atoms with E-state index >= 15 is 0 Å². The van der Waals surface area contributed by atoms with Gasteiger partial charge in [0.2, 0.25) is 0 Å². The molecule has 120 valence electrons. The topological polar surface area (TPSA) is 70.7 Å². The molecule has 0 saturated heterocycles. The smallest absolute Gasteiger partial charge is 0.329 e. The quantitative estimate of drug-likeness (QED) is 0.438. The van der Waals surface area contributed by atoms with Crippen molar-refractivity contribution >= 4 is 12.0 Å². The van der Waals surface area contributed by atoms with Gasteiger partial charge in [0.05, 0.1) is 12.6 Å². The molecule has 1 aromatic carbocycles. The Hall–Kier alpha value is -2.34. The fourth-order valence-electron chi connectivity index (χ4n) is 1.87. The Bertz CT molecular complexity index is 491. The number of hydrogen-bond acceptors (Lipinski definition) is 4. The number of carbonyl (C=O) groups is 2. The zero-order valence-corrected chi connectivity index (χ0v) is 13.0. The molecule has 6 heteroatoms. The van der Waals surface area contributed by atoms with Gasteiger partial charge in [0, 0.05) is 6.54 Å². The number of hydrogen-bond donors (Lipinski definition) is 2. The van der Waals surface area contributed by atoms with Gasteiger partial charge in [-0.2, -0.15) is 0 Å². The highest BCUT2D eigenvalue weighted by Gasteiger charge is 2.15. The number of benzene rings is 1. The predicted molar refractivity (Wildman–Crippen MR) is 84.9 cm³/mol. The highest BCUT2D eigenvalue weighted by Crippen LogP contribution is 2.10. The lowest BCUT2D eigenvalue weighted by Crippen LogP contribution is -2.49. The van der Waals surface area contributed by atoms with Gasteiger partial charge in [0.1, 0.15) is 6.54 Å². The van der Waals surface area contributed by atoms with E-state index in [0.717, 1.165) is 5.56 Å². The highest BCUT2D eigenvalue weighted by atomic mass is 16.5. The Morgan fingerprint density at radius 1 is 1.36 bits per heavy atom. The molecule has 2 amide bonds. The summed E-state index contributed by atoms with van der Waals surface area (Å²) in [5.41, 5.74) is 3.62. The summed E-state index contributed by atoms with van der Waals surface area (Å²) in [5.74, 6) is -0.402. The standard InChI is InChI=1S/C16H23N3O3/c1-4-11-19(12-15(20)22-5-2)18-16(21)17-13(3)14-9-7-6-8-10-14/h4,6-10,13H,1,5,11-12H2,2-3H3,(H2,17,18,21). The monoisotopic (exact) mass is 305 g/mol. The van der Waals surface area contributed by atoms with Crippen LogP contribution in [0.5, 0.6) is 0 Å². The molecular weight excluding hydrogens is 282 g/mol. The molecule has 0 aliphatic carbocycles. The van der Waals surface area contributed by atoms with Crippen molar-refractivity contribution in [3.63, 3.8) is 0 Å². The van der Waals surface area contributed by atoms with Crippen LogP contribution in [0.3, 0.4) is 0 Å². The summed E-state index contributed by atoms with van der Waals surface area (Å²) in [6.45, 7) is 7.83. The maximum atomic E-state index is 12.0. The van der Waals surface area contributed by atoms with Crippen molar-refractivity contribution in [1.82, 2.24) is 15.8 Å². The molecule has 0 bridgehead atoms. The van der Waals surface area contributed by atoms with E-state index in [-0.39, 0.29) is 18.6 Å². The van der Waals surface area contributed by atoms with E-state index in [4.69, 9.17) is 4.74 Å². The number of nitrogens with zero attached hydrogens (tertiary/aromatic N) is 1. The van der Waals surface area contributed by atoms with Crippen LogP contribution in [0.2, 0.25) is 0 Å². The van der Waals surface area contributed by atoms with Crippen LogP contribution < -0.4 is 10.7 Å². The molecule has 1 rings (SSSR count). The SMILES string of the molecule is C=CCN(CC(=O)OCC)NC(=O)NC(C)c1ccccc1. The van der Waals surface area contributed by atoms with Gasteiger partial charge in [-0.1, -0.05) is 36.4 Å². The second-order valence-electron chi connectivity index (χ2n) is 4.69. The molecule has 0 aliphatic rings. The van der Waals surface area contributed by atoms with Crippen molar-refractivity contribution in [3.8, 4) is 0 Å². The molecule has 22 heavy (non-hydrogen) atoms. The van der Waals surface area contributed by atoms with Gasteiger partial charge in [0.25, 0.3) is 0 Å². The summed E-state index contributed by atoms with van der Waals surface area (Å²) in [6, 6.07) is 9.08. The first kappa shape index (κ1) is 17.7. The maximum absolute atomic E-state index is 12.0. The Balaban J connectivity index is 2.52. The number of rotatable bonds is 8. The summed E-state index contributed by atoms with van der Waals surface area (Å²) in [6.07, 6.45) is 1.60. The van der Waals surface area contributed by atoms with Crippen LogP contribution in [0.1, 0.15) is 25.5 Å². The number of esters is 1. The lowest BCUT2D eigenvalue weighted by molar-refractivity contribution is -0.144. The van der Waals surface area contributed by atoms with Gasteiger partial charge >= 0.3 is 12.0 Å². The molecule has 0 fully saturated rings. The number of ether oxygens (including phenoxy) is 1. The van der Waals surface area contributed by atoms with Gasteiger partial charge in [-0.05, 0) is 19.4 Å². The van der Waals surface area contributed by atoms with Crippen LogP contribution in [0.25, 0.3) is 0 Å². The molecule has 1 unspecified atom stereocenters. The van der Waals surface area contributed by atoms with E-state index in [1.807, 2.05) is 37.3 Å². The van der Waals surface area contributed by atoms with Crippen LogP contribution in [-0.2, 0) is 9.53 Å². The van der Waals surface area contributed by atoms with E-state index in [2.05, 4.69) is 17.3 Å². The predicted octanol–water partition coefficient (Wildman–Crippen LogP) is 2.01. The van der Waals surface area contributed by atoms with Crippen LogP contribution in [-0.4, -0.2) is 36.7 Å². The van der Waals surface area contributed by atoms with Crippen molar-refractivity contribution in [3.05, 3.63) is 48.6 Å². The normalized spacial score (nSPS) is 11.6. The van der Waals surface area contributed by atoms with Crippen molar-refractivity contribution in [2.24, 2.45) is 0 Å². The second-order valence-corrected chi connectivity index (χ2v) is 4.69. The Labute approximate surface area is 131 Å². The number of amides is 2. The summed E-state index contributed by atoms with van der Waals surface area (Å²) in [4.78, 5) is 23.5. The summed E-state index contributed by atoms with van der Waals surface area (Å²) in [7, 11) is 0. The summed E-state index contributed by atoms with van der Waals surface area (Å²) < 4.78 is 4.86. The fourth-order valence-corrected chi connectivity index (χ4v) is 1.87. The van der Waals surface area contributed by atoms with Gasteiger partial charge < -0.3 is 10.1 Å². The average molecular weight is 305 g/mol. The van der Waals surface area contributed by atoms with Crippen molar-refractivity contribution < 1.29 is 14.3 Å². The zero-order chi connectivity index (χ0) is 16.4. The lowest BCUT2D eigenvalue weighted by atomic mass is 10.1. The molecular formula is C16H23N3O3. The van der Waals surface area contributed by atoms with Crippen molar-refractivity contribution in [1.29, 1.82) is 0 Å². The van der Waals surface area contributed by atoms with Crippen LogP contribution in [0.4, 0.5) is 4.79 Å². The lowest BCUT2D eigenvalue weighted by Gasteiger charge is -2.22. The number of hydrazine groups is 1. The average Bonchev–Trinajstić information content (AvgIpc) is 2.48. The highest BCUT2D eigenvalue weighted by molar-refractivity contribution is 5.75. The van der Waals surface area contributed by atoms with E-state index < -0.39 is 5.97 Å². The molecule has 0 aromatic heterocycles. The molecule has 0 aliphatic heterocycles. The molecule has 1 aromatic rings. The molecule has 0 radical (unpaired) electrons. The third kappa shape index (κ3) is 6.41. The Morgan fingerprint density at radius 3 is 2.64 bits per heavy atom. The molecule has 0 heterocycles. The molecule has 0 saturated carbocycles. The first-order valence-electron chi connectivity index (χ1n) is 7.20. The number of carbonyl (C=O) groups excluding carboxylic acids is 2. The van der Waals surface area contributed by atoms with Gasteiger partial charge in [0.15, 0.2) is 0 Å². The maximum Gasteiger partial charge on any atom is 0.329 e. The molecule has 6 nitrogen and oxygen atoms in total. The minimum Gasteiger partial charge on any atom is -0.465 e. The van der Waals surface area contributed by atoms with E-state index in [1.54, 1.807) is 13.0 Å². The summed E-state index contributed by atoms with van der Waals surface area (Å²) >= 11 is 0. The largest absolute Gasteiger partial charge is 0.465 e. The van der Waals surface area contributed by atoms with Crippen LogP contribution in [0.15, 0.2) is 43.0 Å². The van der Waals surface area contributed by atoms with Crippen molar-refractivity contribution in [2.75, 3.05) is 19.7 Å². The molecule has 0 spiro atoms.